The van der Waals surface area contributed by atoms with Gasteiger partial charge in [-0.3, -0.25) is 4.90 Å². The third kappa shape index (κ3) is 8.20. The Kier molecular flexibility index (Phi) is 8.69. The van der Waals surface area contributed by atoms with E-state index in [9.17, 15) is 0 Å². The Labute approximate surface area is 127 Å². The topological polar surface area (TPSA) is 27.7 Å². The first kappa shape index (κ1) is 17.9. The molecule has 1 aliphatic heterocycles. The summed E-state index contributed by atoms with van der Waals surface area (Å²) in [4.78, 5) is 5.00. The first-order chi connectivity index (χ1) is 9.47. The van der Waals surface area contributed by atoms with Crippen molar-refractivity contribution in [1.29, 1.82) is 0 Å². The summed E-state index contributed by atoms with van der Waals surface area (Å²) in [6.07, 6.45) is 1.53. The molecule has 0 aromatic rings. The number of likely N-dealkylation sites (N-methyl/N-ethyl adjacent to an activating group) is 1. The Hall–Kier alpha value is -0.160. The highest BCUT2D eigenvalue weighted by Gasteiger charge is 2.20. The van der Waals surface area contributed by atoms with E-state index < -0.39 is 0 Å². The van der Waals surface area contributed by atoms with Gasteiger partial charge in [0.15, 0.2) is 0 Å². The lowest BCUT2D eigenvalue weighted by molar-refractivity contribution is -0.0334. The van der Waals surface area contributed by atoms with E-state index in [1.807, 2.05) is 0 Å². The van der Waals surface area contributed by atoms with Gasteiger partial charge in [-0.1, -0.05) is 27.7 Å². The molecular formula is C16H37N3O. The molecule has 0 bridgehead atoms. The smallest absolute Gasteiger partial charge is 0.0714 e. The summed E-state index contributed by atoms with van der Waals surface area (Å²) in [5, 5.41) is 3.47. The van der Waals surface area contributed by atoms with Gasteiger partial charge in [0.2, 0.25) is 0 Å². The minimum Gasteiger partial charge on any atom is -0.376 e. The van der Waals surface area contributed by atoms with Crippen molar-refractivity contribution in [3.8, 4) is 0 Å². The molecular weight excluding hydrogens is 250 g/mol. The summed E-state index contributed by atoms with van der Waals surface area (Å²) in [6.45, 7) is 16.6. The predicted octanol–water partition coefficient (Wildman–Crippen LogP) is 1.91. The molecule has 20 heavy (non-hydrogen) atoms. The Morgan fingerprint density at radius 1 is 1.35 bits per heavy atom. The van der Waals surface area contributed by atoms with Crippen LogP contribution in [0.2, 0.25) is 0 Å². The van der Waals surface area contributed by atoms with Gasteiger partial charge >= 0.3 is 0 Å². The molecule has 122 valence electrons. The van der Waals surface area contributed by atoms with E-state index in [0.29, 0.717) is 12.1 Å². The zero-order valence-electron chi connectivity index (χ0n) is 14.2. The third-order valence-corrected chi connectivity index (χ3v) is 3.72. The van der Waals surface area contributed by atoms with Gasteiger partial charge in [-0.05, 0) is 25.9 Å². The van der Waals surface area contributed by atoms with Crippen LogP contribution < -0.4 is 5.32 Å². The van der Waals surface area contributed by atoms with Crippen LogP contribution in [0.4, 0.5) is 0 Å². The van der Waals surface area contributed by atoms with Crippen molar-refractivity contribution in [2.45, 2.75) is 46.3 Å². The molecule has 1 fully saturated rings. The zero-order chi connectivity index (χ0) is 15.0. The SMILES string of the molecule is CC(C)CN(C)CCN1CCO[C@@H](CCNC(C)C)C1.[HH]. The number of nitrogens with zero attached hydrogens (tertiary/aromatic N) is 2. The Bertz CT molecular complexity index is 252. The maximum atomic E-state index is 5.87. The summed E-state index contributed by atoms with van der Waals surface area (Å²) in [5.74, 6) is 0.750. The van der Waals surface area contributed by atoms with Crippen LogP contribution in [0.3, 0.4) is 0 Å². The standard InChI is InChI=1S/C16H35N3O.H2/c1-14(2)12-18(5)8-9-19-10-11-20-16(13-19)6-7-17-15(3)4;/h14-17H,6-13H2,1-5H3;1H/t16-;/m0./s1. The molecule has 0 radical (unpaired) electrons. The van der Waals surface area contributed by atoms with Crippen molar-refractivity contribution in [1.82, 2.24) is 15.1 Å². The van der Waals surface area contributed by atoms with Crippen molar-refractivity contribution >= 4 is 0 Å². The summed E-state index contributed by atoms with van der Waals surface area (Å²) in [7, 11) is 2.23. The maximum absolute atomic E-state index is 5.87. The molecule has 0 spiro atoms. The van der Waals surface area contributed by atoms with Gasteiger partial charge < -0.3 is 15.0 Å². The Morgan fingerprint density at radius 3 is 2.75 bits per heavy atom. The van der Waals surface area contributed by atoms with Crippen LogP contribution in [0.1, 0.15) is 35.5 Å². The predicted molar refractivity (Wildman–Crippen MR) is 88.4 cm³/mol. The number of rotatable bonds is 9. The second kappa shape index (κ2) is 9.72. The van der Waals surface area contributed by atoms with E-state index in [1.54, 1.807) is 0 Å². The first-order valence-corrected chi connectivity index (χ1v) is 8.23. The van der Waals surface area contributed by atoms with Gasteiger partial charge in [-0.15, -0.1) is 0 Å². The van der Waals surface area contributed by atoms with Crippen LogP contribution in [0.25, 0.3) is 0 Å². The normalized spacial score (nSPS) is 21.3. The van der Waals surface area contributed by atoms with Crippen LogP contribution in [0, 0.1) is 5.92 Å². The van der Waals surface area contributed by atoms with Gasteiger partial charge in [0.1, 0.15) is 0 Å². The van der Waals surface area contributed by atoms with Gasteiger partial charge in [-0.25, -0.2) is 0 Å². The first-order valence-electron chi connectivity index (χ1n) is 8.23. The number of ether oxygens (including phenoxy) is 1. The molecule has 0 aliphatic carbocycles. The lowest BCUT2D eigenvalue weighted by Gasteiger charge is -2.34. The molecule has 4 nitrogen and oxygen atoms in total. The highest BCUT2D eigenvalue weighted by Crippen LogP contribution is 2.08. The zero-order valence-corrected chi connectivity index (χ0v) is 14.2. The molecule has 1 atom stereocenters. The average Bonchev–Trinajstić information content (AvgIpc) is 2.36. The fourth-order valence-electron chi connectivity index (χ4n) is 2.72. The minimum atomic E-state index is 0. The molecule has 4 heteroatoms. The van der Waals surface area contributed by atoms with Crippen LogP contribution >= 0.6 is 0 Å². The van der Waals surface area contributed by atoms with E-state index in [4.69, 9.17) is 4.74 Å². The molecule has 1 rings (SSSR count). The van der Waals surface area contributed by atoms with Gasteiger partial charge in [0.05, 0.1) is 12.7 Å². The van der Waals surface area contributed by atoms with E-state index in [1.165, 1.54) is 13.1 Å². The number of nitrogens with one attached hydrogen (secondary N) is 1. The quantitative estimate of drug-likeness (QED) is 0.701. The summed E-state index contributed by atoms with van der Waals surface area (Å²) in [6, 6.07) is 0.569. The van der Waals surface area contributed by atoms with Crippen molar-refractivity contribution in [3.63, 3.8) is 0 Å². The minimum absolute atomic E-state index is 0. The van der Waals surface area contributed by atoms with Crippen LogP contribution in [-0.2, 0) is 4.74 Å². The molecule has 1 saturated heterocycles. The lowest BCUT2D eigenvalue weighted by Crippen LogP contribution is -2.46. The van der Waals surface area contributed by atoms with Gasteiger partial charge in [0.25, 0.3) is 0 Å². The molecule has 1 heterocycles. The van der Waals surface area contributed by atoms with Crippen LogP contribution in [0.5, 0.6) is 0 Å². The number of hydrogen-bond donors (Lipinski definition) is 1. The molecule has 1 N–H and O–H groups in total. The van der Waals surface area contributed by atoms with E-state index in [2.05, 4.69) is 49.9 Å². The van der Waals surface area contributed by atoms with Gasteiger partial charge in [-0.2, -0.15) is 0 Å². The van der Waals surface area contributed by atoms with Crippen molar-refractivity contribution in [2.75, 3.05) is 52.9 Å². The molecule has 0 amide bonds. The summed E-state index contributed by atoms with van der Waals surface area (Å²) in [5.41, 5.74) is 0. The Balaban J connectivity index is 0.00000400. The summed E-state index contributed by atoms with van der Waals surface area (Å²) < 4.78 is 5.87. The second-order valence-electron chi connectivity index (χ2n) is 6.85. The largest absolute Gasteiger partial charge is 0.376 e. The Morgan fingerprint density at radius 2 is 2.10 bits per heavy atom. The molecule has 1 aliphatic rings. The number of hydrogen-bond acceptors (Lipinski definition) is 4. The average molecular weight is 287 g/mol. The fourth-order valence-corrected chi connectivity index (χ4v) is 2.72. The summed E-state index contributed by atoms with van der Waals surface area (Å²) >= 11 is 0. The van der Waals surface area contributed by atoms with Crippen LogP contribution in [-0.4, -0.2) is 74.9 Å². The van der Waals surface area contributed by atoms with E-state index >= 15 is 0 Å². The molecule has 0 unspecified atom stereocenters. The van der Waals surface area contributed by atoms with Crippen molar-refractivity contribution in [2.24, 2.45) is 5.92 Å². The third-order valence-electron chi connectivity index (χ3n) is 3.72. The fraction of sp³-hybridized carbons (Fsp3) is 1.00. The van der Waals surface area contributed by atoms with E-state index in [0.717, 1.165) is 45.1 Å². The highest BCUT2D eigenvalue weighted by atomic mass is 16.5. The second-order valence-corrected chi connectivity index (χ2v) is 6.85. The molecule has 0 saturated carbocycles. The highest BCUT2D eigenvalue weighted by molar-refractivity contribution is 4.73. The molecule has 0 aromatic heterocycles. The van der Waals surface area contributed by atoms with Crippen molar-refractivity contribution in [3.05, 3.63) is 0 Å². The lowest BCUT2D eigenvalue weighted by atomic mass is 10.2. The maximum Gasteiger partial charge on any atom is 0.0714 e. The number of morpholine rings is 1. The van der Waals surface area contributed by atoms with Crippen LogP contribution in [0.15, 0.2) is 0 Å². The van der Waals surface area contributed by atoms with Gasteiger partial charge in [0, 0.05) is 40.2 Å². The monoisotopic (exact) mass is 287 g/mol. The molecule has 0 aromatic carbocycles. The van der Waals surface area contributed by atoms with E-state index in [-0.39, 0.29) is 1.43 Å². The van der Waals surface area contributed by atoms with Crippen molar-refractivity contribution < 1.29 is 6.16 Å².